The number of rotatable bonds is 6. The maximum atomic E-state index is 13.4. The summed E-state index contributed by atoms with van der Waals surface area (Å²) in [5.74, 6) is -3.07. The first kappa shape index (κ1) is 17.9. The Kier molecular flexibility index (Phi) is 5.50. The lowest BCUT2D eigenvalue weighted by molar-refractivity contribution is -0.138. The van der Waals surface area contributed by atoms with Gasteiger partial charge in [-0.3, -0.25) is 4.79 Å². The molecule has 2 aromatic carbocycles. The molecule has 0 aliphatic carbocycles. The van der Waals surface area contributed by atoms with E-state index in [0.717, 1.165) is 13.0 Å². The highest BCUT2D eigenvalue weighted by Gasteiger charge is 2.16. The topological polar surface area (TPSA) is 69.7 Å². The highest BCUT2D eigenvalue weighted by Crippen LogP contribution is 2.20. The number of carbonyl (C=O) groups excluding carboxylic acids is 1. The highest BCUT2D eigenvalue weighted by atomic mass is 32.2. The fourth-order valence-corrected chi connectivity index (χ4v) is 2.78. The number of carbonyl (C=O) groups is 1. The van der Waals surface area contributed by atoms with Gasteiger partial charge in [-0.1, -0.05) is 12.1 Å². The SMILES string of the molecule is CC(=O)OCS(=O)(=O)c1ccc(COc2ccc(F)cc2F)cc1. The normalized spacial score (nSPS) is 11.1. The number of ether oxygens (including phenoxy) is 2. The first-order valence-electron chi connectivity index (χ1n) is 6.81. The van der Waals surface area contributed by atoms with Crippen molar-refractivity contribution >= 4 is 15.8 Å². The lowest BCUT2D eigenvalue weighted by atomic mass is 10.2. The molecule has 2 rings (SSSR count). The van der Waals surface area contributed by atoms with Crippen molar-refractivity contribution in [2.75, 3.05) is 5.94 Å². The Morgan fingerprint density at radius 2 is 1.75 bits per heavy atom. The van der Waals surface area contributed by atoms with Gasteiger partial charge in [-0.25, -0.2) is 17.2 Å². The third-order valence-electron chi connectivity index (χ3n) is 2.99. The van der Waals surface area contributed by atoms with E-state index in [-0.39, 0.29) is 17.3 Å². The van der Waals surface area contributed by atoms with Crippen LogP contribution in [0.25, 0.3) is 0 Å². The molecular formula is C16H14F2O5S. The summed E-state index contributed by atoms with van der Waals surface area (Å²) in [4.78, 5) is 10.7. The molecule has 2 aromatic rings. The van der Waals surface area contributed by atoms with E-state index in [1.54, 1.807) is 0 Å². The molecule has 0 spiro atoms. The van der Waals surface area contributed by atoms with Gasteiger partial charge >= 0.3 is 5.97 Å². The lowest BCUT2D eigenvalue weighted by Gasteiger charge is -2.09. The molecule has 0 radical (unpaired) electrons. The van der Waals surface area contributed by atoms with Crippen LogP contribution in [0, 0.1) is 11.6 Å². The van der Waals surface area contributed by atoms with Gasteiger partial charge in [0, 0.05) is 13.0 Å². The van der Waals surface area contributed by atoms with Gasteiger partial charge in [0.1, 0.15) is 12.4 Å². The van der Waals surface area contributed by atoms with Crippen LogP contribution in [0.3, 0.4) is 0 Å². The Labute approximate surface area is 137 Å². The van der Waals surface area contributed by atoms with Crippen LogP contribution in [-0.2, 0) is 26.0 Å². The summed E-state index contributed by atoms with van der Waals surface area (Å²) in [7, 11) is -3.74. The van der Waals surface area contributed by atoms with Crippen molar-refractivity contribution in [1.29, 1.82) is 0 Å². The summed E-state index contributed by atoms with van der Waals surface area (Å²) >= 11 is 0. The van der Waals surface area contributed by atoms with Crippen molar-refractivity contribution in [2.24, 2.45) is 0 Å². The van der Waals surface area contributed by atoms with Crippen LogP contribution in [0.1, 0.15) is 12.5 Å². The van der Waals surface area contributed by atoms with Crippen molar-refractivity contribution in [2.45, 2.75) is 18.4 Å². The number of hydrogen-bond acceptors (Lipinski definition) is 5. The number of halogens is 2. The third-order valence-corrected chi connectivity index (χ3v) is 4.41. The molecule has 0 N–H and O–H groups in total. The van der Waals surface area contributed by atoms with Gasteiger partial charge in [0.05, 0.1) is 4.90 Å². The number of sulfone groups is 1. The van der Waals surface area contributed by atoms with E-state index in [1.807, 2.05) is 0 Å². The fraction of sp³-hybridized carbons (Fsp3) is 0.188. The summed E-state index contributed by atoms with van der Waals surface area (Å²) in [6, 6.07) is 8.59. The Morgan fingerprint density at radius 1 is 1.08 bits per heavy atom. The second-order valence-corrected chi connectivity index (χ2v) is 6.81. The van der Waals surface area contributed by atoms with Gasteiger partial charge in [0.2, 0.25) is 9.84 Å². The Balaban J connectivity index is 2.03. The molecule has 0 fully saturated rings. The zero-order valence-electron chi connectivity index (χ0n) is 12.7. The van der Waals surface area contributed by atoms with Gasteiger partial charge in [-0.05, 0) is 29.8 Å². The monoisotopic (exact) mass is 356 g/mol. The zero-order chi connectivity index (χ0) is 17.7. The summed E-state index contributed by atoms with van der Waals surface area (Å²) in [6.07, 6.45) is 0. The molecule has 0 aliphatic heterocycles. The average molecular weight is 356 g/mol. The minimum atomic E-state index is -3.74. The van der Waals surface area contributed by atoms with Gasteiger partial charge in [0.25, 0.3) is 0 Å². The second kappa shape index (κ2) is 7.39. The molecule has 128 valence electrons. The minimum absolute atomic E-state index is 0.0135. The van der Waals surface area contributed by atoms with Crippen LogP contribution in [0.5, 0.6) is 5.75 Å². The van der Waals surface area contributed by atoms with Crippen molar-refractivity contribution in [3.05, 3.63) is 59.7 Å². The molecule has 0 heterocycles. The molecule has 0 unspecified atom stereocenters. The summed E-state index contributed by atoms with van der Waals surface area (Å²) in [5, 5.41) is 0. The molecule has 0 saturated heterocycles. The number of hydrogen-bond donors (Lipinski definition) is 0. The van der Waals surface area contributed by atoms with Crippen molar-refractivity contribution in [3.8, 4) is 5.75 Å². The predicted octanol–water partition coefficient (Wildman–Crippen LogP) is 2.84. The van der Waals surface area contributed by atoms with Crippen molar-refractivity contribution in [1.82, 2.24) is 0 Å². The summed E-state index contributed by atoms with van der Waals surface area (Å²) in [5.41, 5.74) is 0.588. The van der Waals surface area contributed by atoms with Crippen molar-refractivity contribution < 1.29 is 31.5 Å². The van der Waals surface area contributed by atoms with E-state index in [1.165, 1.54) is 30.3 Å². The third kappa shape index (κ3) is 4.76. The molecule has 0 saturated carbocycles. The Bertz CT molecular complexity index is 832. The molecule has 8 heteroatoms. The molecule has 0 aromatic heterocycles. The lowest BCUT2D eigenvalue weighted by Crippen LogP contribution is -2.12. The molecule has 5 nitrogen and oxygen atoms in total. The van der Waals surface area contributed by atoms with Gasteiger partial charge in [-0.2, -0.15) is 0 Å². The van der Waals surface area contributed by atoms with Gasteiger partial charge in [0.15, 0.2) is 17.5 Å². The molecule has 24 heavy (non-hydrogen) atoms. The molecule has 0 atom stereocenters. The Hall–Kier alpha value is -2.48. The van der Waals surface area contributed by atoms with E-state index in [4.69, 9.17) is 4.74 Å². The largest absolute Gasteiger partial charge is 0.486 e. The average Bonchev–Trinajstić information content (AvgIpc) is 2.53. The molecule has 0 amide bonds. The standard InChI is InChI=1S/C16H14F2O5S/c1-11(19)23-10-24(20,21)14-5-2-12(3-6-14)9-22-16-7-4-13(17)8-15(16)18/h2-8H,9-10H2,1H3. The minimum Gasteiger partial charge on any atom is -0.486 e. The van der Waals surface area contributed by atoms with Crippen molar-refractivity contribution in [3.63, 3.8) is 0 Å². The van der Waals surface area contributed by atoms with Crippen LogP contribution in [-0.4, -0.2) is 20.3 Å². The first-order valence-corrected chi connectivity index (χ1v) is 8.46. The fourth-order valence-electron chi connectivity index (χ4n) is 1.77. The van der Waals surface area contributed by atoms with E-state index in [9.17, 15) is 22.0 Å². The van der Waals surface area contributed by atoms with Crippen LogP contribution in [0.4, 0.5) is 8.78 Å². The first-order chi connectivity index (χ1) is 11.3. The highest BCUT2D eigenvalue weighted by molar-refractivity contribution is 7.91. The maximum absolute atomic E-state index is 13.4. The van der Waals surface area contributed by atoms with Gasteiger partial charge in [-0.15, -0.1) is 0 Å². The molecule has 0 aliphatic rings. The summed E-state index contributed by atoms with van der Waals surface area (Å²) < 4.78 is 59.8. The van der Waals surface area contributed by atoms with E-state index in [0.29, 0.717) is 11.6 Å². The van der Waals surface area contributed by atoms with Crippen LogP contribution < -0.4 is 4.74 Å². The van der Waals surface area contributed by atoms with Crippen LogP contribution >= 0.6 is 0 Å². The zero-order valence-corrected chi connectivity index (χ0v) is 13.5. The van der Waals surface area contributed by atoms with Crippen LogP contribution in [0.2, 0.25) is 0 Å². The van der Waals surface area contributed by atoms with Gasteiger partial charge < -0.3 is 9.47 Å². The second-order valence-electron chi connectivity index (χ2n) is 4.88. The van der Waals surface area contributed by atoms with E-state index < -0.39 is 33.4 Å². The number of benzene rings is 2. The smallest absolute Gasteiger partial charge is 0.303 e. The van der Waals surface area contributed by atoms with E-state index in [2.05, 4.69) is 4.74 Å². The Morgan fingerprint density at radius 3 is 2.33 bits per heavy atom. The maximum Gasteiger partial charge on any atom is 0.303 e. The predicted molar refractivity (Wildman–Crippen MR) is 81.0 cm³/mol. The number of esters is 1. The molecular weight excluding hydrogens is 342 g/mol. The summed E-state index contributed by atoms with van der Waals surface area (Å²) in [6.45, 7) is 1.09. The molecule has 0 bridgehead atoms. The quantitative estimate of drug-likeness (QED) is 0.745. The van der Waals surface area contributed by atoms with Crippen LogP contribution in [0.15, 0.2) is 47.4 Å². The van der Waals surface area contributed by atoms with E-state index >= 15 is 0 Å².